The number of fused-ring (bicyclic) bond motifs is 1. The highest BCUT2D eigenvalue weighted by Crippen LogP contribution is 2.40. The quantitative estimate of drug-likeness (QED) is 0.381. The summed E-state index contributed by atoms with van der Waals surface area (Å²) >= 11 is 0. The van der Waals surface area contributed by atoms with E-state index in [1.54, 1.807) is 12.1 Å². The average Bonchev–Trinajstić information content (AvgIpc) is 3.59. The van der Waals surface area contributed by atoms with Gasteiger partial charge >= 0.3 is 0 Å². The third kappa shape index (κ3) is 3.77. The van der Waals surface area contributed by atoms with Gasteiger partial charge < -0.3 is 9.84 Å². The smallest absolute Gasteiger partial charge is 0.273 e. The molecule has 1 heterocycles. The van der Waals surface area contributed by atoms with E-state index in [9.17, 15) is 20.0 Å². The summed E-state index contributed by atoms with van der Waals surface area (Å²) in [7, 11) is 1.25. The van der Waals surface area contributed by atoms with Gasteiger partial charge in [-0.2, -0.15) is 5.10 Å². The van der Waals surface area contributed by atoms with Gasteiger partial charge in [-0.25, -0.2) is 5.43 Å². The van der Waals surface area contributed by atoms with Crippen LogP contribution in [0, 0.1) is 10.1 Å². The highest BCUT2D eigenvalue weighted by Gasteiger charge is 2.26. The molecule has 0 saturated heterocycles. The highest BCUT2D eigenvalue weighted by atomic mass is 16.6. The summed E-state index contributed by atoms with van der Waals surface area (Å²) < 4.78 is 4.89. The summed E-state index contributed by atoms with van der Waals surface area (Å²) in [6.45, 7) is 0. The summed E-state index contributed by atoms with van der Waals surface area (Å²) in [5.41, 5.74) is 4.03. The molecule has 3 aromatic rings. The van der Waals surface area contributed by atoms with Gasteiger partial charge in [0.1, 0.15) is 5.75 Å². The minimum Gasteiger partial charge on any atom is -0.870 e. The van der Waals surface area contributed by atoms with E-state index < -0.39 is 16.6 Å². The number of methoxy groups -OCH3 is 1. The van der Waals surface area contributed by atoms with Crippen LogP contribution in [0.4, 0.5) is 5.69 Å². The topological polar surface area (TPSA) is 130 Å². The molecule has 1 aliphatic rings. The minimum absolute atomic E-state index is 0.0698. The molecule has 1 saturated carbocycles. The zero-order valence-corrected chi connectivity index (χ0v) is 16.0. The number of nitrogens with one attached hydrogen (secondary N) is 1. The molecule has 1 amide bonds. The number of para-hydroxylation sites is 1. The Bertz CT molecular complexity index is 1190. The fourth-order valence-corrected chi connectivity index (χ4v) is 3.15. The van der Waals surface area contributed by atoms with Crippen LogP contribution in [0.3, 0.4) is 0 Å². The Kier molecular flexibility index (Phi) is 5.01. The van der Waals surface area contributed by atoms with Gasteiger partial charge in [-0.15, -0.1) is 0 Å². The number of hydrazone groups is 1. The van der Waals surface area contributed by atoms with Crippen molar-refractivity contribution in [1.82, 2.24) is 10.4 Å². The number of nitrogens with zero attached hydrogens (tertiary/aromatic N) is 3. The van der Waals surface area contributed by atoms with Gasteiger partial charge in [-0.1, -0.05) is 23.9 Å². The molecule has 30 heavy (non-hydrogen) atoms. The SMILES string of the molecule is COc1cc([N+](=O)[O-])cc(/C=N\NC(=O)c2cc(C3CC3)nc3ccccc23)c1[O-]. The molecular formula is C21H17N4O5-. The van der Waals surface area contributed by atoms with E-state index in [1.165, 1.54) is 7.11 Å². The molecule has 1 aliphatic carbocycles. The third-order valence-corrected chi connectivity index (χ3v) is 4.85. The van der Waals surface area contributed by atoms with Crippen molar-refractivity contribution in [3.63, 3.8) is 0 Å². The van der Waals surface area contributed by atoms with Crippen LogP contribution in [0.15, 0.2) is 47.6 Å². The van der Waals surface area contributed by atoms with E-state index in [-0.39, 0.29) is 17.0 Å². The van der Waals surface area contributed by atoms with Crippen molar-refractivity contribution in [1.29, 1.82) is 0 Å². The molecule has 0 bridgehead atoms. The normalized spacial score (nSPS) is 13.5. The molecule has 1 fully saturated rings. The minimum atomic E-state index is -0.638. The summed E-state index contributed by atoms with van der Waals surface area (Å²) in [4.78, 5) is 27.8. The van der Waals surface area contributed by atoms with Crippen LogP contribution < -0.4 is 15.3 Å². The molecule has 152 valence electrons. The second-order valence-corrected chi connectivity index (χ2v) is 6.91. The predicted molar refractivity (Wildman–Crippen MR) is 108 cm³/mol. The van der Waals surface area contributed by atoms with Crippen LogP contribution in [-0.2, 0) is 0 Å². The van der Waals surface area contributed by atoms with E-state index in [0.29, 0.717) is 16.9 Å². The lowest BCUT2D eigenvalue weighted by atomic mass is 10.1. The van der Waals surface area contributed by atoms with Crippen molar-refractivity contribution in [2.24, 2.45) is 5.10 Å². The standard InChI is InChI=1S/C21H18N4O5/c1-30-19-9-14(25(28)29)8-13(20(19)26)11-22-24-21(27)16-10-18(12-6-7-12)23-17-5-3-2-4-15(16)17/h2-5,8-12,26H,6-7H2,1H3,(H,24,27)/p-1/b22-11-. The van der Waals surface area contributed by atoms with Crippen molar-refractivity contribution >= 4 is 28.7 Å². The van der Waals surface area contributed by atoms with Gasteiger partial charge in [0.25, 0.3) is 11.6 Å². The summed E-state index contributed by atoms with van der Waals surface area (Å²) in [6.07, 6.45) is 3.16. The van der Waals surface area contributed by atoms with Gasteiger partial charge in [0.05, 0.1) is 35.4 Å². The number of nitro groups is 1. The summed E-state index contributed by atoms with van der Waals surface area (Å²) in [6, 6.07) is 11.2. The molecule has 0 radical (unpaired) electrons. The van der Waals surface area contributed by atoms with E-state index >= 15 is 0 Å². The van der Waals surface area contributed by atoms with Gasteiger partial charge in [0.2, 0.25) is 0 Å². The van der Waals surface area contributed by atoms with Crippen molar-refractivity contribution in [2.75, 3.05) is 7.11 Å². The summed E-state index contributed by atoms with van der Waals surface area (Å²) in [5.74, 6) is -0.834. The van der Waals surface area contributed by atoms with E-state index in [0.717, 1.165) is 42.4 Å². The lowest BCUT2D eigenvalue weighted by molar-refractivity contribution is -0.385. The Labute approximate surface area is 171 Å². The van der Waals surface area contributed by atoms with Crippen molar-refractivity contribution in [3.8, 4) is 11.5 Å². The van der Waals surface area contributed by atoms with Crippen LogP contribution in [-0.4, -0.2) is 29.1 Å². The van der Waals surface area contributed by atoms with Gasteiger partial charge in [-0.05, 0) is 30.5 Å². The molecule has 0 aliphatic heterocycles. The lowest BCUT2D eigenvalue weighted by Crippen LogP contribution is -2.19. The van der Waals surface area contributed by atoms with Crippen LogP contribution in [0.2, 0.25) is 0 Å². The molecule has 0 atom stereocenters. The molecule has 2 aromatic carbocycles. The average molecular weight is 405 g/mol. The fourth-order valence-electron chi connectivity index (χ4n) is 3.15. The summed E-state index contributed by atoms with van der Waals surface area (Å²) in [5, 5.41) is 27.8. The number of hydrogen-bond acceptors (Lipinski definition) is 7. The number of nitro benzene ring substituents is 1. The molecular weight excluding hydrogens is 388 g/mol. The maximum absolute atomic E-state index is 12.8. The van der Waals surface area contributed by atoms with Crippen LogP contribution in [0.25, 0.3) is 10.9 Å². The van der Waals surface area contributed by atoms with E-state index in [2.05, 4.69) is 15.5 Å². The first kappa shape index (κ1) is 19.3. The van der Waals surface area contributed by atoms with Gasteiger partial charge in [0, 0.05) is 23.1 Å². The Morgan fingerprint density at radius 3 is 2.77 bits per heavy atom. The van der Waals surface area contributed by atoms with Gasteiger partial charge in [0.15, 0.2) is 0 Å². The zero-order valence-electron chi connectivity index (χ0n) is 16.0. The number of hydrogen-bond donors (Lipinski definition) is 1. The second kappa shape index (κ2) is 7.78. The van der Waals surface area contributed by atoms with Crippen LogP contribution in [0.1, 0.15) is 40.4 Å². The number of amides is 1. The Morgan fingerprint density at radius 1 is 1.30 bits per heavy atom. The Balaban J connectivity index is 1.62. The maximum atomic E-state index is 12.8. The molecule has 9 heteroatoms. The van der Waals surface area contributed by atoms with Crippen molar-refractivity contribution in [2.45, 2.75) is 18.8 Å². The first-order valence-electron chi connectivity index (χ1n) is 9.24. The predicted octanol–water partition coefficient (Wildman–Crippen LogP) is 2.87. The number of carbonyl (C=O) groups excluding carboxylic acids is 1. The molecule has 1 aromatic heterocycles. The van der Waals surface area contributed by atoms with Crippen LogP contribution in [0.5, 0.6) is 11.5 Å². The number of non-ortho nitro benzene ring substituents is 1. The molecule has 9 nitrogen and oxygen atoms in total. The monoisotopic (exact) mass is 405 g/mol. The van der Waals surface area contributed by atoms with E-state index in [1.807, 2.05) is 18.2 Å². The molecule has 0 unspecified atom stereocenters. The number of pyridine rings is 1. The third-order valence-electron chi connectivity index (χ3n) is 4.85. The first-order valence-corrected chi connectivity index (χ1v) is 9.24. The second-order valence-electron chi connectivity index (χ2n) is 6.91. The Morgan fingerprint density at radius 2 is 2.07 bits per heavy atom. The van der Waals surface area contributed by atoms with E-state index in [4.69, 9.17) is 4.74 Å². The largest absolute Gasteiger partial charge is 0.870 e. The fraction of sp³-hybridized carbons (Fsp3) is 0.190. The Hall–Kier alpha value is -4.01. The number of rotatable bonds is 6. The first-order chi connectivity index (χ1) is 14.5. The number of carbonyl (C=O) groups is 1. The number of benzene rings is 2. The molecule has 4 rings (SSSR count). The molecule has 1 N–H and O–H groups in total. The lowest BCUT2D eigenvalue weighted by Gasteiger charge is -2.14. The maximum Gasteiger partial charge on any atom is 0.273 e. The number of aromatic nitrogens is 1. The van der Waals surface area contributed by atoms with Crippen molar-refractivity contribution < 1.29 is 19.6 Å². The van der Waals surface area contributed by atoms with Crippen LogP contribution >= 0.6 is 0 Å². The van der Waals surface area contributed by atoms with Gasteiger partial charge in [-0.3, -0.25) is 19.9 Å². The molecule has 0 spiro atoms. The highest BCUT2D eigenvalue weighted by molar-refractivity contribution is 6.06. The van der Waals surface area contributed by atoms with Crippen molar-refractivity contribution in [3.05, 3.63) is 69.4 Å². The zero-order chi connectivity index (χ0) is 21.3. The number of ether oxygens (including phenoxy) is 1.